The van der Waals surface area contributed by atoms with Crippen LogP contribution in [0.25, 0.3) is 6.08 Å². The van der Waals surface area contributed by atoms with Crippen molar-refractivity contribution in [2.75, 3.05) is 20.8 Å². The van der Waals surface area contributed by atoms with Gasteiger partial charge in [-0.15, -0.1) is 0 Å². The van der Waals surface area contributed by atoms with Gasteiger partial charge in [0.05, 0.1) is 47.7 Å². The van der Waals surface area contributed by atoms with Crippen LogP contribution >= 0.6 is 22.9 Å². The molecule has 1 aliphatic rings. The molecule has 4 aromatic rings. The summed E-state index contributed by atoms with van der Waals surface area (Å²) in [6.07, 6.45) is 1.72. The number of hydrogen-bond donors (Lipinski definition) is 0. The van der Waals surface area contributed by atoms with Crippen molar-refractivity contribution in [1.82, 2.24) is 4.57 Å². The zero-order valence-electron chi connectivity index (χ0n) is 23.9. The topological polar surface area (TPSA) is 88.4 Å². The molecule has 1 atom stereocenters. The van der Waals surface area contributed by atoms with Gasteiger partial charge in [0.1, 0.15) is 18.2 Å². The third-order valence-electron chi connectivity index (χ3n) is 6.87. The fourth-order valence-electron chi connectivity index (χ4n) is 4.76. The first-order chi connectivity index (χ1) is 20.7. The Morgan fingerprint density at radius 1 is 1.09 bits per heavy atom. The second-order valence-electron chi connectivity index (χ2n) is 9.47. The Bertz CT molecular complexity index is 1880. The lowest BCUT2D eigenvalue weighted by Gasteiger charge is -2.24. The van der Waals surface area contributed by atoms with E-state index in [0.29, 0.717) is 49.0 Å². The first-order valence-corrected chi connectivity index (χ1v) is 14.5. The predicted octanol–water partition coefficient (Wildman–Crippen LogP) is 5.19. The Morgan fingerprint density at radius 2 is 1.86 bits per heavy atom. The summed E-state index contributed by atoms with van der Waals surface area (Å²) in [5.41, 5.74) is 2.08. The van der Waals surface area contributed by atoms with Crippen molar-refractivity contribution >= 4 is 35.0 Å². The number of fused-ring (bicyclic) bond motifs is 1. The minimum Gasteiger partial charge on any atom is -0.497 e. The molecule has 0 saturated heterocycles. The second-order valence-corrected chi connectivity index (χ2v) is 10.9. The molecular weight excluding hydrogens is 595 g/mol. The highest BCUT2D eigenvalue weighted by Crippen LogP contribution is 2.32. The molecule has 1 aliphatic heterocycles. The van der Waals surface area contributed by atoms with E-state index < -0.39 is 17.8 Å². The molecule has 8 nitrogen and oxygen atoms in total. The van der Waals surface area contributed by atoms with Crippen LogP contribution in [0.4, 0.5) is 4.39 Å². The van der Waals surface area contributed by atoms with Gasteiger partial charge in [-0.2, -0.15) is 0 Å². The summed E-state index contributed by atoms with van der Waals surface area (Å²) >= 11 is 7.34. The fourth-order valence-corrected chi connectivity index (χ4v) is 6.02. The number of nitrogens with zero attached hydrogens (tertiary/aromatic N) is 2. The molecule has 0 saturated carbocycles. The molecule has 0 radical (unpaired) electrons. The normalized spacial score (nSPS) is 14.7. The van der Waals surface area contributed by atoms with Crippen LogP contribution in [0, 0.1) is 5.82 Å². The molecule has 11 heteroatoms. The number of methoxy groups -OCH3 is 2. The maximum Gasteiger partial charge on any atom is 0.338 e. The quantitative estimate of drug-likeness (QED) is 0.239. The Balaban J connectivity index is 1.54. The molecule has 0 aliphatic carbocycles. The number of esters is 1. The highest BCUT2D eigenvalue weighted by Gasteiger charge is 2.33. The molecule has 0 amide bonds. The molecule has 0 spiro atoms. The maximum absolute atomic E-state index is 14.2. The minimum atomic E-state index is -0.737. The van der Waals surface area contributed by atoms with E-state index in [2.05, 4.69) is 4.99 Å². The van der Waals surface area contributed by atoms with Crippen molar-refractivity contribution in [3.63, 3.8) is 0 Å². The summed E-state index contributed by atoms with van der Waals surface area (Å²) in [5.74, 6) is 0.427. The molecule has 1 aromatic heterocycles. The monoisotopic (exact) mass is 622 g/mol. The van der Waals surface area contributed by atoms with E-state index in [1.807, 2.05) is 12.1 Å². The van der Waals surface area contributed by atoms with Crippen molar-refractivity contribution < 1.29 is 28.1 Å². The maximum atomic E-state index is 14.2. The third-order valence-corrected chi connectivity index (χ3v) is 8.20. The number of carbonyl (C=O) groups is 1. The second kappa shape index (κ2) is 12.8. The Kier molecular flexibility index (Phi) is 8.98. The number of thiazole rings is 1. The van der Waals surface area contributed by atoms with Gasteiger partial charge in [-0.3, -0.25) is 9.36 Å². The standard InChI is InChI=1S/C32H28ClFN2O6S/c1-5-41-31(38)28-18(2)35-32-36(29(28)20-10-12-21(39-3)13-11-20)30(37)27(43-32)16-19-9-14-25(26(15-19)40-4)42-17-22-23(33)7-6-8-24(22)34/h6-16,29H,5,17H2,1-4H3/t29-/m0/s1. The number of carbonyl (C=O) groups excluding carboxylic acids is 1. The van der Waals surface area contributed by atoms with Gasteiger partial charge >= 0.3 is 5.97 Å². The van der Waals surface area contributed by atoms with E-state index in [9.17, 15) is 14.0 Å². The van der Waals surface area contributed by atoms with E-state index >= 15 is 0 Å². The summed E-state index contributed by atoms with van der Waals surface area (Å²) in [5, 5.41) is 0.264. The third kappa shape index (κ3) is 6.07. The van der Waals surface area contributed by atoms with Crippen molar-refractivity contribution in [3.05, 3.63) is 119 Å². The van der Waals surface area contributed by atoms with E-state index in [4.69, 9.17) is 30.5 Å². The Hall–Kier alpha value is -4.41. The highest BCUT2D eigenvalue weighted by molar-refractivity contribution is 7.07. The molecule has 222 valence electrons. The van der Waals surface area contributed by atoms with Gasteiger partial charge in [-0.25, -0.2) is 14.2 Å². The van der Waals surface area contributed by atoms with Gasteiger partial charge in [0.15, 0.2) is 16.3 Å². The molecule has 0 fully saturated rings. The fraction of sp³-hybridized carbons (Fsp3) is 0.219. The van der Waals surface area contributed by atoms with Crippen LogP contribution in [0.1, 0.15) is 36.6 Å². The lowest BCUT2D eigenvalue weighted by molar-refractivity contribution is -0.139. The number of aromatic nitrogens is 1. The molecule has 0 bridgehead atoms. The average molecular weight is 623 g/mol. The largest absolute Gasteiger partial charge is 0.497 e. The lowest BCUT2D eigenvalue weighted by Crippen LogP contribution is -2.39. The predicted molar refractivity (Wildman–Crippen MR) is 162 cm³/mol. The number of ether oxygens (including phenoxy) is 4. The van der Waals surface area contributed by atoms with Crippen molar-refractivity contribution in [1.29, 1.82) is 0 Å². The van der Waals surface area contributed by atoms with Crippen LogP contribution in [0.3, 0.4) is 0 Å². The van der Waals surface area contributed by atoms with Crippen molar-refractivity contribution in [2.45, 2.75) is 26.5 Å². The molecule has 2 heterocycles. The summed E-state index contributed by atoms with van der Waals surface area (Å²) in [6, 6.07) is 16.0. The number of rotatable bonds is 9. The first-order valence-electron chi connectivity index (χ1n) is 13.3. The molecule has 0 unspecified atom stereocenters. The van der Waals surface area contributed by atoms with Crippen LogP contribution in [0.2, 0.25) is 5.02 Å². The van der Waals surface area contributed by atoms with Gasteiger partial charge in [0.25, 0.3) is 5.56 Å². The molecule has 3 aromatic carbocycles. The van der Waals surface area contributed by atoms with Gasteiger partial charge < -0.3 is 18.9 Å². The molecule has 5 rings (SSSR count). The first kappa shape index (κ1) is 30.1. The number of allylic oxidation sites excluding steroid dienone is 1. The van der Waals surface area contributed by atoms with Crippen LogP contribution in [-0.2, 0) is 16.1 Å². The molecule has 43 heavy (non-hydrogen) atoms. The zero-order chi connectivity index (χ0) is 30.7. The van der Waals surface area contributed by atoms with Gasteiger partial charge in [0, 0.05) is 5.56 Å². The number of hydrogen-bond acceptors (Lipinski definition) is 8. The summed E-state index contributed by atoms with van der Waals surface area (Å²) in [6.45, 7) is 3.56. The van der Waals surface area contributed by atoms with Crippen LogP contribution in [0.5, 0.6) is 17.2 Å². The number of halogens is 2. The Morgan fingerprint density at radius 3 is 2.53 bits per heavy atom. The van der Waals surface area contributed by atoms with E-state index in [0.717, 1.165) is 0 Å². The summed E-state index contributed by atoms with van der Waals surface area (Å²) in [4.78, 5) is 32.0. The van der Waals surface area contributed by atoms with Gasteiger partial charge in [-0.1, -0.05) is 47.2 Å². The summed E-state index contributed by atoms with van der Waals surface area (Å²) < 4.78 is 38.1. The van der Waals surface area contributed by atoms with Crippen molar-refractivity contribution in [2.24, 2.45) is 4.99 Å². The van der Waals surface area contributed by atoms with Crippen molar-refractivity contribution in [3.8, 4) is 17.2 Å². The highest BCUT2D eigenvalue weighted by atomic mass is 35.5. The van der Waals surface area contributed by atoms with Crippen LogP contribution in [-0.4, -0.2) is 31.4 Å². The van der Waals surface area contributed by atoms with Gasteiger partial charge in [-0.05, 0) is 67.4 Å². The van der Waals surface area contributed by atoms with E-state index in [1.54, 1.807) is 63.4 Å². The number of benzene rings is 3. The zero-order valence-corrected chi connectivity index (χ0v) is 25.4. The average Bonchev–Trinajstić information content (AvgIpc) is 3.30. The SMILES string of the molecule is CCOC(=O)C1=C(C)N=c2sc(=Cc3ccc(OCc4c(F)cccc4Cl)c(OC)c3)c(=O)n2[C@H]1c1ccc(OC)cc1. The summed E-state index contributed by atoms with van der Waals surface area (Å²) in [7, 11) is 3.06. The minimum absolute atomic E-state index is 0.0900. The van der Waals surface area contributed by atoms with E-state index in [-0.39, 0.29) is 29.4 Å². The molecular formula is C32H28ClFN2O6S. The molecule has 0 N–H and O–H groups in total. The lowest BCUT2D eigenvalue weighted by atomic mass is 9.96. The smallest absolute Gasteiger partial charge is 0.338 e. The van der Waals surface area contributed by atoms with E-state index in [1.165, 1.54) is 35.1 Å². The Labute approximate surface area is 255 Å². The van der Waals surface area contributed by atoms with Crippen LogP contribution in [0.15, 0.2) is 81.7 Å². The van der Waals surface area contributed by atoms with Gasteiger partial charge in [0.2, 0.25) is 0 Å². The van der Waals surface area contributed by atoms with Crippen LogP contribution < -0.4 is 29.1 Å².